The van der Waals surface area contributed by atoms with E-state index in [1.165, 1.54) is 49.9 Å². The number of hydrogen-bond donors (Lipinski definition) is 7. The van der Waals surface area contributed by atoms with Gasteiger partial charge in [-0.15, -0.1) is 0 Å². The number of benzene rings is 2. The van der Waals surface area contributed by atoms with Crippen LogP contribution in [0.25, 0.3) is 0 Å². The normalized spacial score (nSPS) is 13.3. The Morgan fingerprint density at radius 2 is 1.19 bits per heavy atom. The number of ether oxygens (including phenoxy) is 2. The quantitative estimate of drug-likeness (QED) is 0.0448. The first-order chi connectivity index (χ1) is 25.1. The zero-order chi connectivity index (χ0) is 39.4. The van der Waals surface area contributed by atoms with Crippen molar-refractivity contribution in [2.24, 2.45) is 27.5 Å². The van der Waals surface area contributed by atoms with Crippen LogP contribution < -0.4 is 33.6 Å². The van der Waals surface area contributed by atoms with E-state index in [1.807, 2.05) is 0 Å². The smallest absolute Gasteiger partial charge is 0.269 e. The standard InChI is InChI=1S/C12H18N4O3.C12H20N4O2.2C4H8O.B.H3NP2.H2NP/c13-6-1-7-15-12(17)11(14)8-9-2-4-10(5-3-9)16(18)19;13-6-1-7-15-9-11(14)8-10-2-4-12(5-3-10)16(17)18;2*1-2-4-5-3-1;;2-1-3;1-2/h2-5,11H,1,6-8,13-14H2,(H,15,17);2-5,11,15H,1,6-9,13-14H2;2*1-4H2;;2H,3H2;1-2H. The van der Waals surface area contributed by atoms with Gasteiger partial charge >= 0.3 is 0 Å². The summed E-state index contributed by atoms with van der Waals surface area (Å²) in [6, 6.07) is 11.8. The zero-order valence-corrected chi connectivity index (χ0v) is 33.6. The van der Waals surface area contributed by atoms with E-state index in [0.29, 0.717) is 38.9 Å². The third-order valence-electron chi connectivity index (χ3n) is 6.88. The second-order valence-corrected chi connectivity index (χ2v) is 12.2. The molecule has 0 saturated carbocycles. The van der Waals surface area contributed by atoms with Gasteiger partial charge in [-0.25, -0.2) is 0 Å². The maximum atomic E-state index is 11.6. The molecule has 3 radical (unpaired) electrons. The second kappa shape index (κ2) is 38.8. The molecule has 21 heteroatoms. The molecule has 0 bridgehead atoms. The van der Waals surface area contributed by atoms with Crippen LogP contribution in [-0.4, -0.2) is 95.4 Å². The molecule has 2 aromatic carbocycles. The van der Waals surface area contributed by atoms with E-state index in [-0.39, 0.29) is 31.7 Å². The Labute approximate surface area is 322 Å². The Hall–Kier alpha value is -2.88. The number of nitrogens with one attached hydrogen (secondary N) is 3. The lowest BCUT2D eigenvalue weighted by atomic mass is 10.1. The van der Waals surface area contributed by atoms with Gasteiger partial charge in [-0.05, 0) is 110 Å². The maximum absolute atomic E-state index is 11.6. The van der Waals surface area contributed by atoms with E-state index in [2.05, 4.69) is 42.6 Å². The summed E-state index contributed by atoms with van der Waals surface area (Å²) >= 11 is 0. The van der Waals surface area contributed by atoms with Gasteiger partial charge in [-0.1, -0.05) is 24.3 Å². The van der Waals surface area contributed by atoms with Crippen LogP contribution in [0.5, 0.6) is 0 Å². The van der Waals surface area contributed by atoms with Gasteiger partial charge < -0.3 is 43.0 Å². The van der Waals surface area contributed by atoms with Crippen LogP contribution >= 0.6 is 27.5 Å². The number of carbonyl (C=O) groups excluding carboxylic acids is 1. The number of nitro groups is 2. The fraction of sp³-hybridized carbons (Fsp3) is 0.594. The Morgan fingerprint density at radius 3 is 1.53 bits per heavy atom. The first kappa shape index (κ1) is 54.5. The van der Waals surface area contributed by atoms with E-state index in [9.17, 15) is 25.0 Å². The minimum atomic E-state index is -0.667. The lowest BCUT2D eigenvalue weighted by Gasteiger charge is -2.12. The molecule has 0 spiro atoms. The molecule has 1 amide bonds. The molecule has 0 aromatic heterocycles. The maximum Gasteiger partial charge on any atom is 0.269 e. The largest absolute Gasteiger partial charge is 0.381 e. The Bertz CT molecular complexity index is 1180. The number of nitrogens with zero attached hydrogens (tertiary/aromatic N) is 3. The van der Waals surface area contributed by atoms with Crippen molar-refractivity contribution in [3.05, 3.63) is 79.9 Å². The Morgan fingerprint density at radius 1 is 0.811 bits per heavy atom. The number of hydrogen-bond acceptors (Lipinski definition) is 14. The molecule has 2 saturated heterocycles. The summed E-state index contributed by atoms with van der Waals surface area (Å²) in [6.07, 6.45) is 7.79. The third kappa shape index (κ3) is 32.3. The van der Waals surface area contributed by atoms with Crippen LogP contribution in [-0.2, 0) is 27.1 Å². The van der Waals surface area contributed by atoms with Gasteiger partial charge in [0.2, 0.25) is 5.91 Å². The molecule has 2 fully saturated rings. The molecule has 11 N–H and O–H groups in total. The van der Waals surface area contributed by atoms with Crippen molar-refractivity contribution >= 4 is 53.1 Å². The summed E-state index contributed by atoms with van der Waals surface area (Å²) in [5.74, 6) is -0.244. The molecule has 2 aromatic rings. The number of amides is 1. The molecular formula is C32H59BN10O7P3. The lowest BCUT2D eigenvalue weighted by Crippen LogP contribution is -2.42. The van der Waals surface area contributed by atoms with Crippen molar-refractivity contribution < 1.29 is 24.1 Å². The molecule has 2 heterocycles. The van der Waals surface area contributed by atoms with Crippen LogP contribution in [0.15, 0.2) is 53.0 Å². The van der Waals surface area contributed by atoms with Crippen LogP contribution in [0.4, 0.5) is 11.4 Å². The zero-order valence-electron chi connectivity index (χ0n) is 30.5. The molecule has 2 aliphatic heterocycles. The van der Waals surface area contributed by atoms with Crippen molar-refractivity contribution in [3.8, 4) is 0 Å². The van der Waals surface area contributed by atoms with Crippen molar-refractivity contribution in [2.75, 3.05) is 59.2 Å². The fourth-order valence-corrected chi connectivity index (χ4v) is 4.21. The highest BCUT2D eigenvalue weighted by molar-refractivity contribution is 7.23. The van der Waals surface area contributed by atoms with Gasteiger partial charge in [0.15, 0.2) is 0 Å². The lowest BCUT2D eigenvalue weighted by molar-refractivity contribution is -0.385. The van der Waals surface area contributed by atoms with Crippen LogP contribution in [0.1, 0.15) is 49.7 Å². The topological polar surface area (TPSA) is 286 Å². The number of non-ortho nitro benzene ring substituents is 2. The van der Waals surface area contributed by atoms with Crippen LogP contribution in [0.2, 0.25) is 0 Å². The highest BCUT2D eigenvalue weighted by atomic mass is 31.1. The predicted octanol–water partition coefficient (Wildman–Crippen LogP) is 3.54. The summed E-state index contributed by atoms with van der Waals surface area (Å²) in [5.41, 5.74) is 24.3. The summed E-state index contributed by atoms with van der Waals surface area (Å²) in [6.45, 7) is 7.27. The van der Waals surface area contributed by atoms with Gasteiger partial charge in [0.05, 0.1) is 15.9 Å². The van der Waals surface area contributed by atoms with E-state index < -0.39 is 15.9 Å². The first-order valence-electron chi connectivity index (χ1n) is 16.9. The summed E-state index contributed by atoms with van der Waals surface area (Å²) in [7, 11) is 7.11. The summed E-state index contributed by atoms with van der Waals surface area (Å²) in [4.78, 5) is 31.7. The van der Waals surface area contributed by atoms with E-state index in [0.717, 1.165) is 57.1 Å². The van der Waals surface area contributed by atoms with Gasteiger partial charge in [0.25, 0.3) is 11.4 Å². The van der Waals surface area contributed by atoms with Crippen LogP contribution in [0, 0.1) is 25.4 Å². The monoisotopic (exact) mass is 799 g/mol. The highest BCUT2D eigenvalue weighted by Crippen LogP contribution is 2.14. The molecule has 0 aliphatic carbocycles. The average Bonchev–Trinajstić information content (AvgIpc) is 3.93. The van der Waals surface area contributed by atoms with Gasteiger partial charge in [0.1, 0.15) is 0 Å². The summed E-state index contributed by atoms with van der Waals surface area (Å²) in [5, 5.41) is 32.5. The molecule has 297 valence electrons. The number of nitrogens with two attached hydrogens (primary N) is 4. The molecule has 4 rings (SSSR count). The third-order valence-corrected chi connectivity index (χ3v) is 6.88. The minimum absolute atomic E-state index is 0. The predicted molar refractivity (Wildman–Crippen MR) is 220 cm³/mol. The van der Waals surface area contributed by atoms with Crippen molar-refractivity contribution in [3.63, 3.8) is 0 Å². The molecule has 17 nitrogen and oxygen atoms in total. The van der Waals surface area contributed by atoms with E-state index >= 15 is 0 Å². The summed E-state index contributed by atoms with van der Waals surface area (Å²) < 4.78 is 13.1. The van der Waals surface area contributed by atoms with Crippen LogP contribution in [0.3, 0.4) is 0 Å². The minimum Gasteiger partial charge on any atom is -0.381 e. The number of nitro benzene ring substituents is 2. The SMILES string of the molecule is C1CCOC1.C1CCOC1.N=P.NCCCNC(=O)C(N)Cc1ccc([N+](=O)[O-])cc1.NCCCNCC(N)Cc1ccc([N+](=O)[O-])cc1.P=NP.[B]. The van der Waals surface area contributed by atoms with Gasteiger partial charge in [-0.2, -0.15) is 0 Å². The van der Waals surface area contributed by atoms with E-state index in [4.69, 9.17) is 37.6 Å². The first-order valence-corrected chi connectivity index (χ1v) is 18.4. The number of rotatable bonds is 15. The van der Waals surface area contributed by atoms with Crippen molar-refractivity contribution in [2.45, 2.75) is 63.5 Å². The fourth-order valence-electron chi connectivity index (χ4n) is 4.21. The number of carbonyl (C=O) groups is 1. The Kier molecular flexibility index (Phi) is 39.9. The molecule has 3 unspecified atom stereocenters. The molecule has 3 atom stereocenters. The van der Waals surface area contributed by atoms with Gasteiger partial charge in [0, 0.05) is 78.2 Å². The molecule has 53 heavy (non-hydrogen) atoms. The molecule has 2 aliphatic rings. The van der Waals surface area contributed by atoms with Crippen molar-refractivity contribution in [1.29, 1.82) is 5.16 Å². The highest BCUT2D eigenvalue weighted by Gasteiger charge is 2.14. The van der Waals surface area contributed by atoms with Crippen molar-refractivity contribution in [1.82, 2.24) is 10.6 Å². The second-order valence-electron chi connectivity index (χ2n) is 11.2. The van der Waals surface area contributed by atoms with E-state index in [1.54, 1.807) is 24.3 Å². The average molecular weight is 800 g/mol. The van der Waals surface area contributed by atoms with Gasteiger partial charge in [-0.3, -0.25) is 34.7 Å². The Balaban J connectivity index is -0.000000671. The molecular weight excluding hydrogens is 740 g/mol.